The Hall–Kier alpha value is -1.45. The molecule has 0 bridgehead atoms. The molecule has 1 atom stereocenters. The van der Waals surface area contributed by atoms with Crippen molar-refractivity contribution in [2.24, 2.45) is 0 Å². The van der Waals surface area contributed by atoms with E-state index in [1.54, 1.807) is 0 Å². The first kappa shape index (κ1) is 14.5. The zero-order chi connectivity index (χ0) is 14.3. The first-order chi connectivity index (χ1) is 10.4. The van der Waals surface area contributed by atoms with Crippen LogP contribution in [-0.2, 0) is 13.2 Å². The molecule has 110 valence electrons. The summed E-state index contributed by atoms with van der Waals surface area (Å²) in [5, 5.41) is 3.61. The Morgan fingerprint density at radius 3 is 2.52 bits per heavy atom. The average Bonchev–Trinajstić information content (AvgIpc) is 3.06. The number of benzene rings is 2. The van der Waals surface area contributed by atoms with E-state index in [1.165, 1.54) is 29.1 Å². The molecule has 1 saturated heterocycles. The molecule has 0 aromatic heterocycles. The minimum atomic E-state index is 0.623. The van der Waals surface area contributed by atoms with E-state index in [1.807, 2.05) is 30.0 Å². The third-order valence-corrected chi connectivity index (χ3v) is 4.86. The summed E-state index contributed by atoms with van der Waals surface area (Å²) in [7, 11) is 0. The second kappa shape index (κ2) is 7.53. The second-order valence-electron chi connectivity index (χ2n) is 5.36. The molecular weight excluding hydrogens is 278 g/mol. The summed E-state index contributed by atoms with van der Waals surface area (Å²) in [6.07, 6.45) is 1.29. The molecule has 1 aliphatic heterocycles. The Kier molecular flexibility index (Phi) is 5.19. The largest absolute Gasteiger partial charge is 0.489 e. The van der Waals surface area contributed by atoms with E-state index in [0.29, 0.717) is 12.6 Å². The van der Waals surface area contributed by atoms with Gasteiger partial charge in [-0.15, -0.1) is 0 Å². The number of hydrogen-bond acceptors (Lipinski definition) is 3. The molecule has 0 amide bonds. The lowest BCUT2D eigenvalue weighted by Gasteiger charge is -2.11. The van der Waals surface area contributed by atoms with Gasteiger partial charge in [0.05, 0.1) is 0 Å². The molecule has 0 radical (unpaired) electrons. The van der Waals surface area contributed by atoms with Gasteiger partial charge in [0.2, 0.25) is 0 Å². The molecule has 0 spiro atoms. The maximum Gasteiger partial charge on any atom is 0.119 e. The van der Waals surface area contributed by atoms with Crippen molar-refractivity contribution in [3.05, 3.63) is 65.7 Å². The van der Waals surface area contributed by atoms with Crippen molar-refractivity contribution in [1.82, 2.24) is 5.32 Å². The SMILES string of the molecule is c1ccc(COc2ccc(CNC3CCSC3)cc2)cc1. The van der Waals surface area contributed by atoms with Gasteiger partial charge in [0.25, 0.3) is 0 Å². The summed E-state index contributed by atoms with van der Waals surface area (Å²) >= 11 is 2.04. The van der Waals surface area contributed by atoms with Crippen LogP contribution in [0.15, 0.2) is 54.6 Å². The molecule has 1 heterocycles. The van der Waals surface area contributed by atoms with Crippen molar-refractivity contribution >= 4 is 11.8 Å². The number of nitrogens with one attached hydrogen (secondary N) is 1. The van der Waals surface area contributed by atoms with Crippen LogP contribution in [0.5, 0.6) is 5.75 Å². The van der Waals surface area contributed by atoms with Crippen LogP contribution >= 0.6 is 11.8 Å². The molecule has 21 heavy (non-hydrogen) atoms. The van der Waals surface area contributed by atoms with E-state index in [0.717, 1.165) is 12.3 Å². The first-order valence-corrected chi connectivity index (χ1v) is 8.62. The number of thioether (sulfide) groups is 1. The molecule has 1 fully saturated rings. The highest BCUT2D eigenvalue weighted by Gasteiger charge is 2.14. The molecule has 1 unspecified atom stereocenters. The monoisotopic (exact) mass is 299 g/mol. The van der Waals surface area contributed by atoms with Gasteiger partial charge in [-0.3, -0.25) is 0 Å². The summed E-state index contributed by atoms with van der Waals surface area (Å²) in [6.45, 7) is 1.57. The fourth-order valence-electron chi connectivity index (χ4n) is 2.40. The van der Waals surface area contributed by atoms with Crippen LogP contribution in [-0.4, -0.2) is 17.5 Å². The lowest BCUT2D eigenvalue weighted by atomic mass is 10.2. The standard InChI is InChI=1S/C18H21NOS/c1-2-4-16(5-3-1)13-20-18-8-6-15(7-9-18)12-19-17-10-11-21-14-17/h1-9,17,19H,10-14H2. The molecule has 3 rings (SSSR count). The Labute approximate surface area is 130 Å². The summed E-state index contributed by atoms with van der Waals surface area (Å²) in [4.78, 5) is 0. The fourth-order valence-corrected chi connectivity index (χ4v) is 3.59. The van der Waals surface area contributed by atoms with E-state index in [4.69, 9.17) is 4.74 Å². The molecule has 3 heteroatoms. The van der Waals surface area contributed by atoms with Crippen molar-refractivity contribution in [3.63, 3.8) is 0 Å². The van der Waals surface area contributed by atoms with Crippen LogP contribution in [0.2, 0.25) is 0 Å². The van der Waals surface area contributed by atoms with Crippen molar-refractivity contribution in [3.8, 4) is 5.75 Å². The zero-order valence-corrected chi connectivity index (χ0v) is 12.9. The van der Waals surface area contributed by atoms with Gasteiger partial charge in [-0.1, -0.05) is 42.5 Å². The van der Waals surface area contributed by atoms with Crippen LogP contribution in [0.1, 0.15) is 17.5 Å². The van der Waals surface area contributed by atoms with Crippen molar-refractivity contribution in [1.29, 1.82) is 0 Å². The highest BCUT2D eigenvalue weighted by molar-refractivity contribution is 7.99. The van der Waals surface area contributed by atoms with Gasteiger partial charge in [0.15, 0.2) is 0 Å². The lowest BCUT2D eigenvalue weighted by Crippen LogP contribution is -2.27. The van der Waals surface area contributed by atoms with Crippen molar-refractivity contribution in [2.45, 2.75) is 25.6 Å². The van der Waals surface area contributed by atoms with Crippen LogP contribution in [0, 0.1) is 0 Å². The van der Waals surface area contributed by atoms with Gasteiger partial charge >= 0.3 is 0 Å². The fraction of sp³-hybridized carbons (Fsp3) is 0.333. The van der Waals surface area contributed by atoms with Crippen LogP contribution in [0.3, 0.4) is 0 Å². The Balaban J connectivity index is 1.47. The summed E-state index contributed by atoms with van der Waals surface area (Å²) < 4.78 is 5.80. The maximum absolute atomic E-state index is 5.80. The maximum atomic E-state index is 5.80. The highest BCUT2D eigenvalue weighted by Crippen LogP contribution is 2.18. The molecule has 0 aliphatic carbocycles. The van der Waals surface area contributed by atoms with E-state index in [2.05, 4.69) is 41.7 Å². The van der Waals surface area contributed by atoms with Crippen molar-refractivity contribution in [2.75, 3.05) is 11.5 Å². The molecule has 0 saturated carbocycles. The Bertz CT molecular complexity index is 535. The summed E-state index contributed by atoms with van der Waals surface area (Å²) in [5.41, 5.74) is 2.51. The van der Waals surface area contributed by atoms with Gasteiger partial charge in [-0.2, -0.15) is 11.8 Å². The van der Waals surface area contributed by atoms with Crippen LogP contribution in [0.25, 0.3) is 0 Å². The quantitative estimate of drug-likeness (QED) is 0.875. The minimum absolute atomic E-state index is 0.623. The van der Waals surface area contributed by atoms with Gasteiger partial charge in [-0.05, 0) is 35.4 Å². The third kappa shape index (κ3) is 4.51. The molecule has 2 aromatic carbocycles. The van der Waals surface area contributed by atoms with Crippen LogP contribution in [0.4, 0.5) is 0 Å². The van der Waals surface area contributed by atoms with Crippen molar-refractivity contribution < 1.29 is 4.74 Å². The van der Waals surface area contributed by atoms with Crippen LogP contribution < -0.4 is 10.1 Å². The zero-order valence-electron chi connectivity index (χ0n) is 12.1. The highest BCUT2D eigenvalue weighted by atomic mass is 32.2. The molecule has 2 nitrogen and oxygen atoms in total. The molecule has 2 aromatic rings. The lowest BCUT2D eigenvalue weighted by molar-refractivity contribution is 0.306. The number of rotatable bonds is 6. The van der Waals surface area contributed by atoms with Gasteiger partial charge in [-0.25, -0.2) is 0 Å². The first-order valence-electron chi connectivity index (χ1n) is 7.47. The van der Waals surface area contributed by atoms with E-state index >= 15 is 0 Å². The molecule has 1 N–H and O–H groups in total. The number of hydrogen-bond donors (Lipinski definition) is 1. The van der Waals surface area contributed by atoms with E-state index < -0.39 is 0 Å². The number of ether oxygens (including phenoxy) is 1. The smallest absolute Gasteiger partial charge is 0.119 e. The predicted octanol–water partition coefficient (Wildman–Crippen LogP) is 3.86. The normalized spacial score (nSPS) is 17.8. The third-order valence-electron chi connectivity index (χ3n) is 3.70. The van der Waals surface area contributed by atoms with Gasteiger partial charge in [0.1, 0.15) is 12.4 Å². The average molecular weight is 299 g/mol. The van der Waals surface area contributed by atoms with Gasteiger partial charge in [0, 0.05) is 18.3 Å². The Morgan fingerprint density at radius 2 is 1.81 bits per heavy atom. The molecular formula is C18H21NOS. The van der Waals surface area contributed by atoms with E-state index in [9.17, 15) is 0 Å². The topological polar surface area (TPSA) is 21.3 Å². The predicted molar refractivity (Wildman–Crippen MR) is 89.8 cm³/mol. The Morgan fingerprint density at radius 1 is 1.00 bits per heavy atom. The summed E-state index contributed by atoms with van der Waals surface area (Å²) in [6, 6.07) is 19.4. The summed E-state index contributed by atoms with van der Waals surface area (Å²) in [5.74, 6) is 3.47. The second-order valence-corrected chi connectivity index (χ2v) is 6.51. The molecule has 1 aliphatic rings. The van der Waals surface area contributed by atoms with E-state index in [-0.39, 0.29) is 0 Å². The minimum Gasteiger partial charge on any atom is -0.489 e. The van der Waals surface area contributed by atoms with Gasteiger partial charge < -0.3 is 10.1 Å².